The van der Waals surface area contributed by atoms with Gasteiger partial charge in [0.2, 0.25) is 11.8 Å². The zero-order chi connectivity index (χ0) is 37.5. The van der Waals surface area contributed by atoms with Gasteiger partial charge in [-0.05, 0) is 112 Å². The molecule has 6 N–H and O–H groups in total. The number of aromatic amines is 1. The van der Waals surface area contributed by atoms with Gasteiger partial charge in [0.1, 0.15) is 17.8 Å². The number of amides is 4. The van der Waals surface area contributed by atoms with E-state index in [1.165, 1.54) is 0 Å². The Kier molecular flexibility index (Phi) is 12.7. The summed E-state index contributed by atoms with van der Waals surface area (Å²) in [6, 6.07) is 12.5. The molecular formula is C37H45Br2N9O5. The lowest BCUT2D eigenvalue weighted by molar-refractivity contribution is -0.137. The number of rotatable bonds is 12. The Labute approximate surface area is 324 Å². The first kappa shape index (κ1) is 38.3. The van der Waals surface area contributed by atoms with Gasteiger partial charge in [0.05, 0.1) is 20.0 Å². The summed E-state index contributed by atoms with van der Waals surface area (Å²) in [5.41, 5.74) is 8.92. The number of unbranched alkanes of at least 4 members (excludes halogenated alkanes) is 1. The Morgan fingerprint density at radius 3 is 2.26 bits per heavy atom. The van der Waals surface area contributed by atoms with Gasteiger partial charge in [0.15, 0.2) is 0 Å². The van der Waals surface area contributed by atoms with E-state index in [2.05, 4.69) is 57.4 Å². The highest BCUT2D eigenvalue weighted by molar-refractivity contribution is 9.11. The van der Waals surface area contributed by atoms with E-state index in [-0.39, 0.29) is 29.8 Å². The maximum Gasteiger partial charge on any atom is 0.326 e. The molecule has 16 heteroatoms. The molecule has 282 valence electrons. The van der Waals surface area contributed by atoms with Gasteiger partial charge in [-0.2, -0.15) is 0 Å². The lowest BCUT2D eigenvalue weighted by atomic mass is 10.0. The number of H-pyrrole nitrogens is 1. The monoisotopic (exact) mass is 853 g/mol. The molecule has 2 aromatic carbocycles. The summed E-state index contributed by atoms with van der Waals surface area (Å²) >= 11 is 6.73. The van der Waals surface area contributed by atoms with Crippen LogP contribution in [-0.4, -0.2) is 105 Å². The lowest BCUT2D eigenvalue weighted by Gasteiger charge is -2.38. The van der Waals surface area contributed by atoms with E-state index in [1.54, 1.807) is 38.9 Å². The number of carbonyl (C=O) groups excluding carboxylic acids is 3. The minimum absolute atomic E-state index is 0.0190. The molecule has 0 aliphatic carbocycles. The average Bonchev–Trinajstić information content (AvgIpc) is 3.52. The van der Waals surface area contributed by atoms with Gasteiger partial charge < -0.3 is 41.2 Å². The van der Waals surface area contributed by atoms with E-state index in [0.717, 1.165) is 16.7 Å². The Bertz CT molecular complexity index is 1930. The molecule has 2 saturated heterocycles. The number of hydrogen-bond acceptors (Lipinski definition) is 8. The van der Waals surface area contributed by atoms with Crippen LogP contribution in [0.2, 0.25) is 0 Å². The second-order valence-corrected chi connectivity index (χ2v) is 15.2. The van der Waals surface area contributed by atoms with Crippen molar-refractivity contribution >= 4 is 66.4 Å². The number of piperazine rings is 1. The van der Waals surface area contributed by atoms with Crippen molar-refractivity contribution in [1.82, 2.24) is 35.0 Å². The number of fused-ring (bicyclic) bond motifs is 1. The number of nitrogens with two attached hydrogens (primary N) is 1. The molecule has 2 aliphatic heterocycles. The fourth-order valence-corrected chi connectivity index (χ4v) is 8.45. The van der Waals surface area contributed by atoms with Crippen molar-refractivity contribution in [3.05, 3.63) is 85.9 Å². The molecule has 6 rings (SSSR count). The van der Waals surface area contributed by atoms with Crippen molar-refractivity contribution in [3.63, 3.8) is 0 Å². The number of aromatic hydroxyl groups is 1. The number of anilines is 1. The number of pyridine rings is 1. The number of carbonyl (C=O) groups is 3. The second-order valence-electron chi connectivity index (χ2n) is 13.5. The first-order chi connectivity index (χ1) is 25.6. The number of urea groups is 1. The van der Waals surface area contributed by atoms with Gasteiger partial charge in [-0.3, -0.25) is 19.1 Å². The molecule has 0 saturated carbocycles. The third kappa shape index (κ3) is 9.22. The summed E-state index contributed by atoms with van der Waals surface area (Å²) in [6.07, 6.45) is 6.48. The minimum atomic E-state index is -1.03. The highest BCUT2D eigenvalue weighted by Gasteiger charge is 2.33. The van der Waals surface area contributed by atoms with E-state index >= 15 is 0 Å². The molecule has 4 heterocycles. The molecule has 2 fully saturated rings. The summed E-state index contributed by atoms with van der Waals surface area (Å²) in [5, 5.41) is 16.3. The number of nitrogens with zero attached hydrogens (tertiary/aromatic N) is 5. The maximum absolute atomic E-state index is 14.2. The number of phenols is 1. The van der Waals surface area contributed by atoms with E-state index in [0.29, 0.717) is 92.4 Å². The quantitative estimate of drug-likeness (QED) is 0.133. The number of halogens is 2. The maximum atomic E-state index is 14.2. The molecular weight excluding hydrogens is 810 g/mol. The van der Waals surface area contributed by atoms with E-state index in [1.807, 2.05) is 36.4 Å². The number of phenolic OH excluding ortho intramolecular Hbond substituents is 1. The number of benzene rings is 2. The zero-order valence-electron chi connectivity index (χ0n) is 29.3. The number of aromatic nitrogens is 3. The second kappa shape index (κ2) is 17.6. The molecule has 14 nitrogen and oxygen atoms in total. The standard InChI is InChI=1S/C37H45Br2N9O5/c38-27-21-24(22-28(39)33(27)49)23-31(44-36(52)47-15-10-26(11-16-47)48-32-7-2-1-5-29(32)43-37(48)53)34(50)42-30(6-3-4-12-40)35(51)46-19-17-45(18-20-46)25-8-13-41-14-9-25/h1-2,5,7-9,13-14,21-22,26,30-31,49H,3-4,6,10-12,15-20,23,40H2,(H,42,50)(H,43,53)(H,44,52)/t30-,31-/m0/s1. The Balaban J connectivity index is 1.15. The smallest absolute Gasteiger partial charge is 0.326 e. The molecule has 0 bridgehead atoms. The van der Waals surface area contributed by atoms with Crippen LogP contribution in [0.3, 0.4) is 0 Å². The van der Waals surface area contributed by atoms with Crippen molar-refractivity contribution in [2.75, 3.05) is 50.7 Å². The summed E-state index contributed by atoms with van der Waals surface area (Å²) in [7, 11) is 0. The van der Waals surface area contributed by atoms with Gasteiger partial charge in [-0.15, -0.1) is 0 Å². The summed E-state index contributed by atoms with van der Waals surface area (Å²) in [6.45, 7) is 3.54. The van der Waals surface area contributed by atoms with Crippen LogP contribution < -0.4 is 27.0 Å². The normalized spacial score (nSPS) is 16.4. The van der Waals surface area contributed by atoms with Crippen LogP contribution in [0.1, 0.15) is 43.7 Å². The largest absolute Gasteiger partial charge is 0.506 e. The molecule has 2 aromatic heterocycles. The molecule has 53 heavy (non-hydrogen) atoms. The summed E-state index contributed by atoms with van der Waals surface area (Å²) in [5.74, 6) is -0.634. The Morgan fingerprint density at radius 1 is 0.906 bits per heavy atom. The number of imidazole rings is 1. The van der Waals surface area contributed by atoms with E-state index < -0.39 is 24.0 Å². The third-order valence-corrected chi connectivity index (χ3v) is 11.3. The SMILES string of the molecule is NCCCC[C@H](NC(=O)[C@H](Cc1cc(Br)c(O)c(Br)c1)NC(=O)N1CCC(n2c(=O)[nH]c3ccccc32)CC1)C(=O)N1CCN(c2ccncc2)CC1. The van der Waals surface area contributed by atoms with Crippen molar-refractivity contribution in [2.24, 2.45) is 5.73 Å². The Morgan fingerprint density at radius 2 is 1.58 bits per heavy atom. The molecule has 0 spiro atoms. The van der Waals surface area contributed by atoms with Crippen molar-refractivity contribution in [2.45, 2.75) is 56.7 Å². The summed E-state index contributed by atoms with van der Waals surface area (Å²) in [4.78, 5) is 67.4. The lowest BCUT2D eigenvalue weighted by Crippen LogP contribution is -2.59. The first-order valence-electron chi connectivity index (χ1n) is 18.0. The molecule has 4 amide bonds. The zero-order valence-corrected chi connectivity index (χ0v) is 32.5. The van der Waals surface area contributed by atoms with Crippen LogP contribution in [0.5, 0.6) is 5.75 Å². The highest BCUT2D eigenvalue weighted by Crippen LogP contribution is 2.34. The predicted octanol–water partition coefficient (Wildman–Crippen LogP) is 3.88. The topological polar surface area (TPSA) is 182 Å². The molecule has 0 radical (unpaired) electrons. The number of likely N-dealkylation sites (tertiary alicyclic amines) is 1. The number of hydrogen-bond donors (Lipinski definition) is 5. The van der Waals surface area contributed by atoms with Crippen LogP contribution >= 0.6 is 31.9 Å². The fourth-order valence-electron chi connectivity index (χ4n) is 7.17. The summed E-state index contributed by atoms with van der Waals surface area (Å²) < 4.78 is 2.63. The predicted molar refractivity (Wildman–Crippen MR) is 210 cm³/mol. The number of nitrogens with one attached hydrogen (secondary N) is 3. The van der Waals surface area contributed by atoms with Crippen LogP contribution in [0, 0.1) is 0 Å². The van der Waals surface area contributed by atoms with Gasteiger partial charge in [0, 0.05) is 69.8 Å². The third-order valence-electron chi connectivity index (χ3n) is 10.1. The van der Waals surface area contributed by atoms with Crippen molar-refractivity contribution in [1.29, 1.82) is 0 Å². The van der Waals surface area contributed by atoms with E-state index in [9.17, 15) is 24.3 Å². The van der Waals surface area contributed by atoms with Gasteiger partial charge in [-0.1, -0.05) is 12.1 Å². The van der Waals surface area contributed by atoms with Gasteiger partial charge >= 0.3 is 11.7 Å². The van der Waals surface area contributed by atoms with Crippen molar-refractivity contribution in [3.8, 4) is 5.75 Å². The highest BCUT2D eigenvalue weighted by atomic mass is 79.9. The minimum Gasteiger partial charge on any atom is -0.506 e. The number of para-hydroxylation sites is 2. The van der Waals surface area contributed by atoms with Crippen LogP contribution in [0.15, 0.2) is 74.7 Å². The van der Waals surface area contributed by atoms with Crippen LogP contribution in [-0.2, 0) is 16.0 Å². The first-order valence-corrected chi connectivity index (χ1v) is 19.6. The van der Waals surface area contributed by atoms with E-state index in [4.69, 9.17) is 5.73 Å². The number of piperidine rings is 1. The molecule has 4 aromatic rings. The molecule has 2 atom stereocenters. The van der Waals surface area contributed by atoms with Gasteiger partial charge in [0.25, 0.3) is 0 Å². The van der Waals surface area contributed by atoms with Crippen LogP contribution in [0.25, 0.3) is 11.0 Å². The van der Waals surface area contributed by atoms with Gasteiger partial charge in [-0.25, -0.2) is 9.59 Å². The average molecular weight is 856 g/mol. The Hall–Kier alpha value is -4.41. The molecule has 2 aliphatic rings. The van der Waals surface area contributed by atoms with Crippen LogP contribution in [0.4, 0.5) is 10.5 Å². The fraction of sp³-hybridized carbons (Fsp3) is 0.432. The molecule has 0 unspecified atom stereocenters. The van der Waals surface area contributed by atoms with Crippen molar-refractivity contribution < 1.29 is 19.5 Å².